The molecule has 0 fully saturated rings. The van der Waals surface area contributed by atoms with Crippen LogP contribution in [0.25, 0.3) is 10.1 Å². The van der Waals surface area contributed by atoms with E-state index in [-0.39, 0.29) is 0 Å². The topological polar surface area (TPSA) is 12.0 Å². The normalized spacial score (nSPS) is 13.2. The van der Waals surface area contributed by atoms with E-state index >= 15 is 0 Å². The third-order valence-electron chi connectivity index (χ3n) is 4.06. The molecule has 1 unspecified atom stereocenters. The van der Waals surface area contributed by atoms with Gasteiger partial charge in [-0.15, -0.1) is 11.3 Å². The maximum Gasteiger partial charge on any atom is 0.0363 e. The first-order chi connectivity index (χ1) is 9.81. The molecule has 2 aromatic rings. The molecule has 2 heteroatoms. The molecule has 0 bridgehead atoms. The molecule has 0 saturated carbocycles. The maximum atomic E-state index is 3.75. The van der Waals surface area contributed by atoms with Gasteiger partial charge in [-0.2, -0.15) is 0 Å². The van der Waals surface area contributed by atoms with Crippen LogP contribution >= 0.6 is 11.3 Å². The van der Waals surface area contributed by atoms with Crippen LogP contribution in [-0.2, 0) is 0 Å². The number of benzene rings is 1. The highest BCUT2D eigenvalue weighted by Gasteiger charge is 2.23. The van der Waals surface area contributed by atoms with E-state index in [1.54, 1.807) is 0 Å². The molecular weight excluding hydrogens is 262 g/mol. The van der Waals surface area contributed by atoms with E-state index in [0.717, 1.165) is 12.5 Å². The monoisotopic (exact) mass is 289 g/mol. The van der Waals surface area contributed by atoms with Gasteiger partial charge in [0.1, 0.15) is 0 Å². The Morgan fingerprint density at radius 2 is 1.75 bits per heavy atom. The fraction of sp³-hybridized carbons (Fsp3) is 0.556. The second-order valence-electron chi connectivity index (χ2n) is 5.56. The number of hydrogen-bond acceptors (Lipinski definition) is 2. The van der Waals surface area contributed by atoms with Crippen LogP contribution in [0.3, 0.4) is 0 Å². The number of fused-ring (bicyclic) bond motifs is 1. The van der Waals surface area contributed by atoms with Crippen LogP contribution in [0.2, 0.25) is 0 Å². The summed E-state index contributed by atoms with van der Waals surface area (Å²) in [6.45, 7) is 7.87. The smallest absolute Gasteiger partial charge is 0.0363 e. The summed E-state index contributed by atoms with van der Waals surface area (Å²) in [5.74, 6) is 0.753. The molecule has 110 valence electrons. The third-order valence-corrected chi connectivity index (χ3v) is 5.04. The summed E-state index contributed by atoms with van der Waals surface area (Å²) >= 11 is 1.88. The minimum absolute atomic E-state index is 0.510. The Kier molecular flexibility index (Phi) is 6.06. The molecule has 0 aliphatic heterocycles. The van der Waals surface area contributed by atoms with E-state index in [1.165, 1.54) is 41.3 Å². The van der Waals surface area contributed by atoms with Gasteiger partial charge < -0.3 is 5.32 Å². The quantitative estimate of drug-likeness (QED) is 0.650. The van der Waals surface area contributed by atoms with Crippen LogP contribution < -0.4 is 5.32 Å². The van der Waals surface area contributed by atoms with Crippen molar-refractivity contribution in [2.24, 2.45) is 5.92 Å². The molecule has 0 aliphatic carbocycles. The molecule has 0 radical (unpaired) electrons. The molecule has 0 saturated heterocycles. The first-order valence-electron chi connectivity index (χ1n) is 8.01. The predicted molar refractivity (Wildman–Crippen MR) is 91.5 cm³/mol. The highest BCUT2D eigenvalue weighted by Crippen LogP contribution is 2.36. The van der Waals surface area contributed by atoms with Gasteiger partial charge in [-0.05, 0) is 47.7 Å². The van der Waals surface area contributed by atoms with Crippen molar-refractivity contribution >= 4 is 21.4 Å². The molecule has 1 heterocycles. The standard InChI is InChI=1S/C18H27NS/c1-4-9-14(10-5-2)18(19-6-3)16-13-20-17-12-8-7-11-15(16)17/h7-8,11-14,18-19H,4-6,9-10H2,1-3H3. The van der Waals surface area contributed by atoms with E-state index in [9.17, 15) is 0 Å². The van der Waals surface area contributed by atoms with Crippen LogP contribution in [0.4, 0.5) is 0 Å². The summed E-state index contributed by atoms with van der Waals surface area (Å²) in [5.41, 5.74) is 1.51. The zero-order valence-electron chi connectivity index (χ0n) is 13.0. The zero-order valence-corrected chi connectivity index (χ0v) is 13.8. The maximum absolute atomic E-state index is 3.75. The molecule has 0 amide bonds. The average molecular weight is 289 g/mol. The average Bonchev–Trinajstić information content (AvgIpc) is 2.88. The van der Waals surface area contributed by atoms with Crippen LogP contribution in [0.15, 0.2) is 29.6 Å². The Bertz CT molecular complexity index is 511. The molecule has 1 nitrogen and oxygen atoms in total. The van der Waals surface area contributed by atoms with Gasteiger partial charge in [0.25, 0.3) is 0 Å². The van der Waals surface area contributed by atoms with E-state index in [2.05, 4.69) is 55.7 Å². The number of rotatable bonds is 8. The molecule has 1 N–H and O–H groups in total. The lowest BCUT2D eigenvalue weighted by Crippen LogP contribution is -2.28. The van der Waals surface area contributed by atoms with Gasteiger partial charge >= 0.3 is 0 Å². The molecule has 0 spiro atoms. The van der Waals surface area contributed by atoms with Crippen LogP contribution in [0.5, 0.6) is 0 Å². The summed E-state index contributed by atoms with van der Waals surface area (Å²) in [7, 11) is 0. The summed E-state index contributed by atoms with van der Waals surface area (Å²) in [6, 6.07) is 9.33. The second-order valence-corrected chi connectivity index (χ2v) is 6.47. The number of hydrogen-bond donors (Lipinski definition) is 1. The van der Waals surface area contributed by atoms with Crippen molar-refractivity contribution in [3.8, 4) is 0 Å². The Balaban J connectivity index is 2.35. The molecule has 1 atom stereocenters. The lowest BCUT2D eigenvalue weighted by Gasteiger charge is -2.27. The zero-order chi connectivity index (χ0) is 14.4. The van der Waals surface area contributed by atoms with E-state index in [4.69, 9.17) is 0 Å². The number of nitrogens with one attached hydrogen (secondary N) is 1. The fourth-order valence-corrected chi connectivity index (χ4v) is 4.21. The minimum Gasteiger partial charge on any atom is -0.310 e. The van der Waals surface area contributed by atoms with Crippen LogP contribution in [0.1, 0.15) is 58.1 Å². The van der Waals surface area contributed by atoms with Crippen LogP contribution in [0, 0.1) is 5.92 Å². The predicted octanol–water partition coefficient (Wildman–Crippen LogP) is 5.77. The van der Waals surface area contributed by atoms with Crippen molar-refractivity contribution in [1.82, 2.24) is 5.32 Å². The van der Waals surface area contributed by atoms with E-state index in [1.807, 2.05) is 11.3 Å². The second kappa shape index (κ2) is 7.80. The Morgan fingerprint density at radius 1 is 1.05 bits per heavy atom. The van der Waals surface area contributed by atoms with Gasteiger partial charge in [0, 0.05) is 10.7 Å². The number of thiophene rings is 1. The van der Waals surface area contributed by atoms with Gasteiger partial charge in [-0.3, -0.25) is 0 Å². The summed E-state index contributed by atoms with van der Waals surface area (Å²) in [5, 5.41) is 7.57. The molecule has 1 aromatic heterocycles. The molecular formula is C18H27NS. The van der Waals surface area contributed by atoms with Gasteiger partial charge in [-0.1, -0.05) is 51.8 Å². The summed E-state index contributed by atoms with van der Waals surface area (Å²) < 4.78 is 1.41. The largest absolute Gasteiger partial charge is 0.310 e. The van der Waals surface area contributed by atoms with Gasteiger partial charge in [-0.25, -0.2) is 0 Å². The van der Waals surface area contributed by atoms with Crippen molar-refractivity contribution in [3.63, 3.8) is 0 Å². The van der Waals surface area contributed by atoms with Gasteiger partial charge in [0.15, 0.2) is 0 Å². The van der Waals surface area contributed by atoms with Gasteiger partial charge in [0.05, 0.1) is 0 Å². The highest BCUT2D eigenvalue weighted by molar-refractivity contribution is 7.17. The van der Waals surface area contributed by atoms with Gasteiger partial charge in [0.2, 0.25) is 0 Å². The molecule has 20 heavy (non-hydrogen) atoms. The minimum atomic E-state index is 0.510. The molecule has 2 rings (SSSR count). The first kappa shape index (κ1) is 15.5. The Morgan fingerprint density at radius 3 is 2.40 bits per heavy atom. The van der Waals surface area contributed by atoms with Crippen molar-refractivity contribution in [2.75, 3.05) is 6.54 Å². The Labute approximate surface area is 127 Å². The lowest BCUT2D eigenvalue weighted by molar-refractivity contribution is 0.322. The third kappa shape index (κ3) is 3.42. The lowest BCUT2D eigenvalue weighted by atomic mass is 9.86. The molecule has 0 aliphatic rings. The van der Waals surface area contributed by atoms with Crippen LogP contribution in [-0.4, -0.2) is 6.54 Å². The highest BCUT2D eigenvalue weighted by atomic mass is 32.1. The molecule has 1 aromatic carbocycles. The van der Waals surface area contributed by atoms with E-state index < -0.39 is 0 Å². The van der Waals surface area contributed by atoms with E-state index in [0.29, 0.717) is 6.04 Å². The summed E-state index contributed by atoms with van der Waals surface area (Å²) in [4.78, 5) is 0. The van der Waals surface area contributed by atoms with Crippen molar-refractivity contribution < 1.29 is 0 Å². The first-order valence-corrected chi connectivity index (χ1v) is 8.89. The van der Waals surface area contributed by atoms with Crippen molar-refractivity contribution in [1.29, 1.82) is 0 Å². The van der Waals surface area contributed by atoms with Crippen molar-refractivity contribution in [3.05, 3.63) is 35.2 Å². The Hall–Kier alpha value is -0.860. The fourth-order valence-electron chi connectivity index (χ4n) is 3.21. The van der Waals surface area contributed by atoms with Crippen molar-refractivity contribution in [2.45, 2.75) is 52.5 Å². The summed E-state index contributed by atoms with van der Waals surface area (Å²) in [6.07, 6.45) is 5.18. The SMILES string of the molecule is CCCC(CCC)C(NCC)c1csc2ccccc12.